The number of rotatable bonds is 8. The summed E-state index contributed by atoms with van der Waals surface area (Å²) in [6.07, 6.45) is 6.37. The highest BCUT2D eigenvalue weighted by atomic mass is 16.5. The van der Waals surface area contributed by atoms with Crippen molar-refractivity contribution >= 4 is 18.0 Å². The molecule has 0 aromatic heterocycles. The summed E-state index contributed by atoms with van der Waals surface area (Å²) in [5, 5.41) is 3.00. The Labute approximate surface area is 172 Å². The molecule has 1 aromatic carbocycles. The smallest absolute Gasteiger partial charge is 0.331 e. The number of amides is 1. The fraction of sp³-hybridized carbons (Fsp3) is 0.545. The lowest BCUT2D eigenvalue weighted by atomic mass is 9.86. The number of hydrogen-bond donors (Lipinski definition) is 1. The Kier molecular flexibility index (Phi) is 8.36. The van der Waals surface area contributed by atoms with E-state index in [-0.39, 0.29) is 11.9 Å². The average molecular weight is 405 g/mol. The van der Waals surface area contributed by atoms with Gasteiger partial charge in [0.15, 0.2) is 17.6 Å². The molecular formula is C22H31NO6. The molecule has 0 heterocycles. The number of ether oxygens (including phenoxy) is 4. The minimum Gasteiger partial charge on any atom is -0.493 e. The third-order valence-electron chi connectivity index (χ3n) is 5.20. The first-order chi connectivity index (χ1) is 13.9. The van der Waals surface area contributed by atoms with Crippen LogP contribution in [0.3, 0.4) is 0 Å². The fourth-order valence-corrected chi connectivity index (χ4v) is 3.46. The second kappa shape index (κ2) is 10.7. The van der Waals surface area contributed by atoms with E-state index in [1.165, 1.54) is 33.8 Å². The van der Waals surface area contributed by atoms with Gasteiger partial charge >= 0.3 is 5.97 Å². The number of carbonyl (C=O) groups is 2. The van der Waals surface area contributed by atoms with Crippen molar-refractivity contribution in [2.45, 2.75) is 51.7 Å². The Morgan fingerprint density at radius 3 is 2.24 bits per heavy atom. The molecule has 1 aromatic rings. The largest absolute Gasteiger partial charge is 0.493 e. The van der Waals surface area contributed by atoms with Crippen molar-refractivity contribution in [2.24, 2.45) is 5.92 Å². The van der Waals surface area contributed by atoms with Crippen LogP contribution in [0.4, 0.5) is 0 Å². The molecule has 7 nitrogen and oxygen atoms in total. The molecule has 3 atom stereocenters. The number of hydrogen-bond acceptors (Lipinski definition) is 6. The molecule has 0 radical (unpaired) electrons. The third-order valence-corrected chi connectivity index (χ3v) is 5.20. The van der Waals surface area contributed by atoms with E-state index >= 15 is 0 Å². The molecule has 1 aliphatic carbocycles. The Bertz CT molecular complexity index is 720. The van der Waals surface area contributed by atoms with Crippen LogP contribution in [0.25, 0.3) is 6.08 Å². The summed E-state index contributed by atoms with van der Waals surface area (Å²) in [6, 6.07) is 3.57. The van der Waals surface area contributed by atoms with E-state index in [1.54, 1.807) is 25.1 Å². The van der Waals surface area contributed by atoms with Gasteiger partial charge in [-0.25, -0.2) is 4.79 Å². The summed E-state index contributed by atoms with van der Waals surface area (Å²) in [7, 11) is 4.56. The number of esters is 1. The molecule has 0 saturated heterocycles. The van der Waals surface area contributed by atoms with Crippen molar-refractivity contribution in [3.63, 3.8) is 0 Å². The maximum absolute atomic E-state index is 12.3. The zero-order valence-electron chi connectivity index (χ0n) is 17.8. The van der Waals surface area contributed by atoms with Crippen LogP contribution in [0.5, 0.6) is 17.2 Å². The van der Waals surface area contributed by atoms with Gasteiger partial charge in [-0.15, -0.1) is 0 Å². The van der Waals surface area contributed by atoms with Gasteiger partial charge in [0.05, 0.1) is 21.3 Å². The second-order valence-electron chi connectivity index (χ2n) is 7.25. The molecule has 29 heavy (non-hydrogen) atoms. The van der Waals surface area contributed by atoms with E-state index < -0.39 is 12.1 Å². The minimum absolute atomic E-state index is 0.146. The quantitative estimate of drug-likeness (QED) is 0.528. The van der Waals surface area contributed by atoms with Gasteiger partial charge in [-0.3, -0.25) is 4.79 Å². The van der Waals surface area contributed by atoms with Crippen LogP contribution in [0.1, 0.15) is 45.1 Å². The molecule has 1 fully saturated rings. The summed E-state index contributed by atoms with van der Waals surface area (Å²) < 4.78 is 21.1. The van der Waals surface area contributed by atoms with E-state index in [4.69, 9.17) is 18.9 Å². The Balaban J connectivity index is 1.97. The van der Waals surface area contributed by atoms with Gasteiger partial charge in [-0.1, -0.05) is 19.8 Å². The molecule has 160 valence electrons. The lowest BCUT2D eigenvalue weighted by Gasteiger charge is -2.30. The van der Waals surface area contributed by atoms with E-state index in [0.29, 0.717) is 28.7 Å². The Hall–Kier alpha value is -2.70. The topological polar surface area (TPSA) is 83.1 Å². The van der Waals surface area contributed by atoms with E-state index in [9.17, 15) is 9.59 Å². The van der Waals surface area contributed by atoms with Crippen molar-refractivity contribution in [3.05, 3.63) is 23.8 Å². The molecule has 1 N–H and O–H groups in total. The Morgan fingerprint density at radius 2 is 1.69 bits per heavy atom. The molecule has 2 rings (SSSR count). The van der Waals surface area contributed by atoms with Crippen molar-refractivity contribution in [3.8, 4) is 17.2 Å². The van der Waals surface area contributed by atoms with E-state index in [2.05, 4.69) is 12.2 Å². The first-order valence-corrected chi connectivity index (χ1v) is 9.88. The lowest BCUT2D eigenvalue weighted by Crippen LogP contribution is -2.45. The normalized spacial score (nSPS) is 20.0. The zero-order chi connectivity index (χ0) is 21.4. The fourth-order valence-electron chi connectivity index (χ4n) is 3.46. The Morgan fingerprint density at radius 1 is 1.07 bits per heavy atom. The van der Waals surface area contributed by atoms with Gasteiger partial charge in [-0.05, 0) is 49.5 Å². The molecule has 1 amide bonds. The van der Waals surface area contributed by atoms with E-state index in [0.717, 1.165) is 19.3 Å². The summed E-state index contributed by atoms with van der Waals surface area (Å²) in [4.78, 5) is 24.5. The second-order valence-corrected chi connectivity index (χ2v) is 7.25. The first kappa shape index (κ1) is 22.6. The van der Waals surface area contributed by atoms with Crippen LogP contribution in [0.2, 0.25) is 0 Å². The zero-order valence-corrected chi connectivity index (χ0v) is 17.8. The van der Waals surface area contributed by atoms with Crippen molar-refractivity contribution in [2.75, 3.05) is 21.3 Å². The molecule has 1 saturated carbocycles. The number of methoxy groups -OCH3 is 3. The monoisotopic (exact) mass is 405 g/mol. The molecule has 0 spiro atoms. The van der Waals surface area contributed by atoms with Gasteiger partial charge in [0, 0.05) is 12.1 Å². The molecule has 0 bridgehead atoms. The molecule has 7 heteroatoms. The number of benzene rings is 1. The van der Waals surface area contributed by atoms with Crippen molar-refractivity contribution in [1.82, 2.24) is 5.32 Å². The van der Waals surface area contributed by atoms with Crippen LogP contribution in [0.15, 0.2) is 18.2 Å². The predicted octanol–water partition coefficient (Wildman–Crippen LogP) is 3.35. The highest BCUT2D eigenvalue weighted by Crippen LogP contribution is 2.38. The summed E-state index contributed by atoms with van der Waals surface area (Å²) in [5.41, 5.74) is 0.671. The molecule has 1 aliphatic rings. The molecule has 0 unspecified atom stereocenters. The maximum atomic E-state index is 12.3. The number of carbonyl (C=O) groups excluding carboxylic acids is 2. The van der Waals surface area contributed by atoms with Crippen LogP contribution in [-0.4, -0.2) is 45.4 Å². The van der Waals surface area contributed by atoms with Gasteiger partial charge in [0.25, 0.3) is 5.91 Å². The lowest BCUT2D eigenvalue weighted by molar-refractivity contribution is -0.150. The van der Waals surface area contributed by atoms with Crippen LogP contribution in [0, 0.1) is 5.92 Å². The van der Waals surface area contributed by atoms with E-state index in [1.807, 2.05) is 0 Å². The molecular weight excluding hydrogens is 374 g/mol. The summed E-state index contributed by atoms with van der Waals surface area (Å²) >= 11 is 0. The first-order valence-electron chi connectivity index (χ1n) is 9.88. The summed E-state index contributed by atoms with van der Waals surface area (Å²) in [6.45, 7) is 3.72. The van der Waals surface area contributed by atoms with Crippen LogP contribution >= 0.6 is 0 Å². The highest BCUT2D eigenvalue weighted by molar-refractivity contribution is 5.90. The standard InChI is InChI=1S/C22H31NO6/c1-14-8-6-7-9-17(14)23-22(25)15(2)29-20(24)11-10-16-12-18(26-3)21(28-5)19(13-16)27-4/h10-15,17H,6-9H2,1-5H3,(H,23,25)/b11-10+/t14-,15+,17-/m0/s1. The van der Waals surface area contributed by atoms with Gasteiger partial charge < -0.3 is 24.3 Å². The third kappa shape index (κ3) is 6.14. The number of nitrogens with one attached hydrogen (secondary N) is 1. The molecule has 0 aliphatic heterocycles. The van der Waals surface area contributed by atoms with Crippen LogP contribution < -0.4 is 19.5 Å². The van der Waals surface area contributed by atoms with Gasteiger partial charge in [0.2, 0.25) is 5.75 Å². The highest BCUT2D eigenvalue weighted by Gasteiger charge is 2.26. The van der Waals surface area contributed by atoms with Gasteiger partial charge in [0.1, 0.15) is 0 Å². The average Bonchev–Trinajstić information content (AvgIpc) is 2.72. The maximum Gasteiger partial charge on any atom is 0.331 e. The SMILES string of the molecule is COc1cc(/C=C/C(=O)O[C@H](C)C(=O)N[C@H]2CCCC[C@@H]2C)cc(OC)c1OC. The van der Waals surface area contributed by atoms with Gasteiger partial charge in [-0.2, -0.15) is 0 Å². The summed E-state index contributed by atoms with van der Waals surface area (Å²) in [5.74, 6) is 1.01. The van der Waals surface area contributed by atoms with Crippen LogP contribution in [-0.2, 0) is 14.3 Å². The van der Waals surface area contributed by atoms with Crippen molar-refractivity contribution < 1.29 is 28.5 Å². The predicted molar refractivity (Wildman–Crippen MR) is 110 cm³/mol. The minimum atomic E-state index is -0.860. The van der Waals surface area contributed by atoms with Crippen molar-refractivity contribution in [1.29, 1.82) is 0 Å².